The summed E-state index contributed by atoms with van der Waals surface area (Å²) in [4.78, 5) is 55.0. The number of carbonyl (C=O) groups is 4. The summed E-state index contributed by atoms with van der Waals surface area (Å²) in [5.41, 5.74) is -0.452. The molecular formula is C37H30Cl2F5N3O6. The molecule has 1 saturated carbocycles. The number of imide groups is 2. The first-order valence-electron chi connectivity index (χ1n) is 17.0. The van der Waals surface area contributed by atoms with Crippen molar-refractivity contribution in [2.24, 2.45) is 17.8 Å². The van der Waals surface area contributed by atoms with Gasteiger partial charge in [0.25, 0.3) is 11.8 Å². The molecule has 53 heavy (non-hydrogen) atoms. The van der Waals surface area contributed by atoms with Crippen molar-refractivity contribution in [3.63, 3.8) is 0 Å². The van der Waals surface area contributed by atoms with Gasteiger partial charge < -0.3 is 9.52 Å². The Morgan fingerprint density at radius 2 is 1.45 bits per heavy atom. The quantitative estimate of drug-likeness (QED) is 0.0855. The van der Waals surface area contributed by atoms with Gasteiger partial charge in [0.05, 0.1) is 17.8 Å². The summed E-state index contributed by atoms with van der Waals surface area (Å²) in [7, 11) is 0. The first kappa shape index (κ1) is 35.9. The number of piperidine rings is 1. The number of amides is 4. The third-order valence-corrected chi connectivity index (χ3v) is 13.0. The third-order valence-electron chi connectivity index (χ3n) is 11.5. The predicted octanol–water partition coefficient (Wildman–Crippen LogP) is 5.70. The minimum absolute atomic E-state index is 0.00199. The van der Waals surface area contributed by atoms with Gasteiger partial charge in [0, 0.05) is 25.7 Å². The fourth-order valence-corrected chi connectivity index (χ4v) is 9.99. The second-order valence-electron chi connectivity index (χ2n) is 14.2. The van der Waals surface area contributed by atoms with E-state index in [0.29, 0.717) is 32.5 Å². The number of hydrogen-bond acceptors (Lipinski definition) is 7. The van der Waals surface area contributed by atoms with Crippen LogP contribution in [0.1, 0.15) is 48.7 Å². The Kier molecular flexibility index (Phi) is 8.63. The van der Waals surface area contributed by atoms with Gasteiger partial charge in [0.2, 0.25) is 17.6 Å². The van der Waals surface area contributed by atoms with Gasteiger partial charge in [-0.15, -0.1) is 23.2 Å². The normalized spacial score (nSPS) is 30.5. The molecule has 5 aliphatic rings. The Bertz CT molecular complexity index is 2080. The lowest BCUT2D eigenvalue weighted by Gasteiger charge is -2.49. The fourth-order valence-electron chi connectivity index (χ4n) is 9.07. The molecule has 1 aromatic heterocycles. The maximum atomic E-state index is 15.2. The van der Waals surface area contributed by atoms with Crippen molar-refractivity contribution in [1.29, 1.82) is 0 Å². The molecule has 4 amide bonds. The zero-order chi connectivity index (χ0) is 37.7. The number of fused-ring (bicyclic) bond motifs is 4. The largest absolute Gasteiger partial charge is 0.463 e. The molecule has 16 heteroatoms. The summed E-state index contributed by atoms with van der Waals surface area (Å²) >= 11 is 14.2. The van der Waals surface area contributed by atoms with Crippen molar-refractivity contribution >= 4 is 52.5 Å². The molecule has 4 fully saturated rings. The molecule has 3 saturated heterocycles. The van der Waals surface area contributed by atoms with E-state index in [9.17, 15) is 37.5 Å². The summed E-state index contributed by atoms with van der Waals surface area (Å²) in [6.45, 7) is 1.35. The predicted molar refractivity (Wildman–Crippen MR) is 178 cm³/mol. The van der Waals surface area contributed by atoms with Crippen molar-refractivity contribution < 1.29 is 50.7 Å². The summed E-state index contributed by atoms with van der Waals surface area (Å²) in [6.07, 6.45) is 2.06. The number of benzene rings is 2. The second-order valence-corrected chi connectivity index (χ2v) is 15.4. The van der Waals surface area contributed by atoms with Gasteiger partial charge >= 0.3 is 0 Å². The van der Waals surface area contributed by atoms with Crippen molar-refractivity contribution in [1.82, 2.24) is 9.80 Å². The molecule has 0 radical (unpaired) electrons. The number of allylic oxidation sites excluding steroid dienone is 2. The van der Waals surface area contributed by atoms with E-state index in [-0.39, 0.29) is 28.4 Å². The third kappa shape index (κ3) is 5.01. The molecular weight excluding hydrogens is 748 g/mol. The van der Waals surface area contributed by atoms with Crippen LogP contribution in [0.25, 0.3) is 0 Å². The number of anilines is 1. The van der Waals surface area contributed by atoms with E-state index in [4.69, 9.17) is 27.6 Å². The first-order valence-corrected chi connectivity index (χ1v) is 17.8. The van der Waals surface area contributed by atoms with Crippen LogP contribution in [0, 0.1) is 46.8 Å². The van der Waals surface area contributed by atoms with Gasteiger partial charge in [0.15, 0.2) is 33.0 Å². The van der Waals surface area contributed by atoms with Gasteiger partial charge in [0.1, 0.15) is 23.8 Å². The zero-order valence-electron chi connectivity index (χ0n) is 27.6. The summed E-state index contributed by atoms with van der Waals surface area (Å²) in [6, 6.07) is 12.1. The Balaban J connectivity index is 1.17. The van der Waals surface area contributed by atoms with Crippen molar-refractivity contribution in [2.75, 3.05) is 18.0 Å². The number of aliphatic hydroxyl groups is 1. The topological polar surface area (TPSA) is 111 Å². The number of nitrogens with zero attached hydrogens (tertiary/aromatic N) is 3. The summed E-state index contributed by atoms with van der Waals surface area (Å²) < 4.78 is 79.1. The molecule has 4 heterocycles. The highest BCUT2D eigenvalue weighted by atomic mass is 35.5. The lowest BCUT2D eigenvalue weighted by atomic mass is 9.57. The molecule has 2 aliphatic carbocycles. The number of furan rings is 1. The van der Waals surface area contributed by atoms with Gasteiger partial charge in [-0.2, -0.15) is 0 Å². The van der Waals surface area contributed by atoms with E-state index in [1.165, 1.54) is 17.0 Å². The van der Waals surface area contributed by atoms with Crippen molar-refractivity contribution in [2.45, 2.75) is 60.5 Å². The van der Waals surface area contributed by atoms with Crippen LogP contribution < -0.4 is 4.90 Å². The number of hydrogen-bond donors (Lipinski definition) is 1. The van der Waals surface area contributed by atoms with Crippen LogP contribution in [0.15, 0.2) is 58.5 Å². The molecule has 278 valence electrons. The Hall–Kier alpha value is -4.11. The highest BCUT2D eigenvalue weighted by Crippen LogP contribution is 2.66. The molecule has 3 aromatic rings. The van der Waals surface area contributed by atoms with Crippen LogP contribution in [0.3, 0.4) is 0 Å². The average molecular weight is 779 g/mol. The molecule has 0 bridgehead atoms. The van der Waals surface area contributed by atoms with Crippen LogP contribution in [0.2, 0.25) is 0 Å². The smallest absolute Gasteiger partial charge is 0.258 e. The average Bonchev–Trinajstić information content (AvgIpc) is 3.77. The maximum absolute atomic E-state index is 15.2. The number of aliphatic hydroxyl groups excluding tert-OH is 1. The number of alkyl halides is 2. The molecule has 6 atom stereocenters. The number of carbonyl (C=O) groups excluding carboxylic acids is 4. The van der Waals surface area contributed by atoms with Gasteiger partial charge in [-0.25, -0.2) is 26.9 Å². The van der Waals surface area contributed by atoms with Crippen LogP contribution in [-0.4, -0.2) is 67.4 Å². The Morgan fingerprint density at radius 1 is 0.811 bits per heavy atom. The van der Waals surface area contributed by atoms with E-state index in [0.717, 1.165) is 5.56 Å². The molecule has 9 nitrogen and oxygen atoms in total. The monoisotopic (exact) mass is 777 g/mol. The Morgan fingerprint density at radius 3 is 2.08 bits per heavy atom. The zero-order valence-corrected chi connectivity index (χ0v) is 29.2. The van der Waals surface area contributed by atoms with Crippen LogP contribution >= 0.6 is 23.2 Å². The van der Waals surface area contributed by atoms with Gasteiger partial charge in [-0.05, 0) is 49.3 Å². The van der Waals surface area contributed by atoms with Crippen molar-refractivity contribution in [3.05, 3.63) is 100 Å². The highest BCUT2D eigenvalue weighted by molar-refractivity contribution is 6.58. The van der Waals surface area contributed by atoms with E-state index >= 15 is 8.78 Å². The minimum Gasteiger partial charge on any atom is -0.463 e. The summed E-state index contributed by atoms with van der Waals surface area (Å²) in [5, 5.41) is 9.76. The number of halogens is 7. The second kappa shape index (κ2) is 12.7. The standard InChI is InChI=1S/C37H30Cl2F5N3O6/c38-36-14-22-20(7-8-21-24(22)33(50)46(32(21)49)18-10-12-45(13-11-18)15-17-4-2-1-3-5-17)25(23-9-6-19(16-48)53-23)37(36,39)35(52)47(34(36)51)31-29(43)27(41)26(40)28(42)30(31)44/h1-7,9,18,21-22,24-25,48H,8,10-16H2. The van der Waals surface area contributed by atoms with E-state index < -0.39 is 111 Å². The number of rotatable bonds is 6. The fraction of sp³-hybridized carbons (Fsp3) is 0.405. The lowest BCUT2D eigenvalue weighted by Crippen LogP contribution is -2.60. The molecule has 0 spiro atoms. The van der Waals surface area contributed by atoms with Gasteiger partial charge in [-0.3, -0.25) is 29.0 Å². The molecule has 8 rings (SSSR count). The lowest BCUT2D eigenvalue weighted by molar-refractivity contribution is -0.144. The van der Waals surface area contributed by atoms with Crippen molar-refractivity contribution in [3.8, 4) is 0 Å². The van der Waals surface area contributed by atoms with Crippen LogP contribution in [-0.2, 0) is 32.3 Å². The first-order chi connectivity index (χ1) is 25.2. The minimum atomic E-state index is -2.69. The highest BCUT2D eigenvalue weighted by Gasteiger charge is 2.77. The Labute approximate surface area is 308 Å². The molecule has 2 aromatic carbocycles. The molecule has 1 N–H and O–H groups in total. The van der Waals surface area contributed by atoms with Gasteiger partial charge in [-0.1, -0.05) is 42.0 Å². The SMILES string of the molecule is O=C1C2CC=C3C(CC4(Cl)C(=O)N(c5c(F)c(F)c(F)c(F)c5F)C(=O)C4(Cl)C3c3ccc(CO)o3)C2C(=O)N1C1CCN(Cc2ccccc2)CC1. The number of likely N-dealkylation sites (tertiary alicyclic amines) is 2. The molecule has 6 unspecified atom stereocenters. The summed E-state index contributed by atoms with van der Waals surface area (Å²) in [5.74, 6) is -21.0. The van der Waals surface area contributed by atoms with Crippen LogP contribution in [0.4, 0.5) is 27.6 Å². The van der Waals surface area contributed by atoms with E-state index in [1.54, 1.807) is 6.08 Å². The maximum Gasteiger partial charge on any atom is 0.258 e. The van der Waals surface area contributed by atoms with Crippen LogP contribution in [0.5, 0.6) is 0 Å². The van der Waals surface area contributed by atoms with E-state index in [1.807, 2.05) is 30.3 Å². The van der Waals surface area contributed by atoms with E-state index in [2.05, 4.69) is 4.90 Å². The molecule has 3 aliphatic heterocycles.